The fourth-order valence-electron chi connectivity index (χ4n) is 3.83. The molecule has 30 heavy (non-hydrogen) atoms. The molecule has 0 radical (unpaired) electrons. The van der Waals surface area contributed by atoms with Gasteiger partial charge in [0.2, 0.25) is 0 Å². The van der Waals surface area contributed by atoms with Gasteiger partial charge in [0.15, 0.2) is 0 Å². The second kappa shape index (κ2) is 9.51. The van der Waals surface area contributed by atoms with E-state index in [1.807, 2.05) is 63.2 Å². The molecule has 1 amide bonds. The molecule has 1 saturated heterocycles. The third-order valence-electron chi connectivity index (χ3n) is 5.14. The van der Waals surface area contributed by atoms with E-state index < -0.39 is 5.60 Å². The molecular weight excluding hydrogens is 398 g/mol. The van der Waals surface area contributed by atoms with Gasteiger partial charge in [-0.25, -0.2) is 4.79 Å². The molecule has 158 valence electrons. The number of hydrogen-bond donors (Lipinski definition) is 0. The fraction of sp³-hybridized carbons (Fsp3) is 0.417. The average Bonchev–Trinajstić information content (AvgIpc) is 2.74. The van der Waals surface area contributed by atoms with Gasteiger partial charge in [-0.05, 0) is 44.0 Å². The van der Waals surface area contributed by atoms with Crippen LogP contribution in [0.5, 0.6) is 0 Å². The van der Waals surface area contributed by atoms with E-state index in [0.29, 0.717) is 31.1 Å². The van der Waals surface area contributed by atoms with E-state index in [0.717, 1.165) is 11.1 Å². The molecule has 2 aromatic rings. The predicted molar refractivity (Wildman–Crippen MR) is 118 cm³/mol. The van der Waals surface area contributed by atoms with Crippen LogP contribution in [0, 0.1) is 11.3 Å². The highest BCUT2D eigenvalue weighted by Gasteiger charge is 2.36. The maximum Gasteiger partial charge on any atom is 0.410 e. The van der Waals surface area contributed by atoms with Crippen molar-refractivity contribution < 1.29 is 9.53 Å². The number of ether oxygens (including phenoxy) is 1. The maximum atomic E-state index is 12.6. The first-order valence-electron chi connectivity index (χ1n) is 10.2. The molecule has 0 saturated carbocycles. The lowest BCUT2D eigenvalue weighted by Crippen LogP contribution is -2.57. The summed E-state index contributed by atoms with van der Waals surface area (Å²) in [5.41, 5.74) is 2.27. The van der Waals surface area contributed by atoms with Crippen LogP contribution in [0.25, 0.3) is 0 Å². The van der Waals surface area contributed by atoms with E-state index in [2.05, 4.69) is 23.1 Å². The minimum atomic E-state index is -0.533. The molecule has 1 fully saturated rings. The first kappa shape index (κ1) is 22.1. The van der Waals surface area contributed by atoms with Crippen LogP contribution in [0.2, 0.25) is 0 Å². The summed E-state index contributed by atoms with van der Waals surface area (Å²) in [4.78, 5) is 16.7. The van der Waals surface area contributed by atoms with Crippen LogP contribution in [0.3, 0.4) is 0 Å². The Morgan fingerprint density at radius 2 is 1.87 bits per heavy atom. The number of carbonyl (C=O) groups excluding carboxylic acids is 1. The third kappa shape index (κ3) is 5.33. The average molecular weight is 426 g/mol. The number of nitrogens with zero attached hydrogens (tertiary/aromatic N) is 3. The van der Waals surface area contributed by atoms with Crippen LogP contribution in [-0.2, 0) is 4.74 Å². The van der Waals surface area contributed by atoms with Crippen molar-refractivity contribution in [2.75, 3.05) is 25.5 Å². The molecule has 0 aromatic heterocycles. The molecular formula is C24H28ClN3O2. The van der Waals surface area contributed by atoms with Crippen LogP contribution in [-0.4, -0.2) is 53.1 Å². The van der Waals surface area contributed by atoms with Crippen molar-refractivity contribution in [2.24, 2.45) is 0 Å². The van der Waals surface area contributed by atoms with Crippen molar-refractivity contribution in [2.45, 2.75) is 38.5 Å². The van der Waals surface area contributed by atoms with Gasteiger partial charge in [-0.15, -0.1) is 11.6 Å². The van der Waals surface area contributed by atoms with Gasteiger partial charge in [-0.2, -0.15) is 5.26 Å². The lowest BCUT2D eigenvalue weighted by Gasteiger charge is -2.45. The Morgan fingerprint density at radius 1 is 1.17 bits per heavy atom. The highest BCUT2D eigenvalue weighted by Crippen LogP contribution is 2.33. The van der Waals surface area contributed by atoms with Gasteiger partial charge < -0.3 is 9.64 Å². The normalized spacial score (nSPS) is 18.5. The van der Waals surface area contributed by atoms with Crippen molar-refractivity contribution in [1.29, 1.82) is 5.26 Å². The first-order chi connectivity index (χ1) is 14.3. The Hall–Kier alpha value is -2.55. The van der Waals surface area contributed by atoms with Gasteiger partial charge in [0.25, 0.3) is 0 Å². The Kier molecular flexibility index (Phi) is 7.02. The summed E-state index contributed by atoms with van der Waals surface area (Å²) < 4.78 is 5.55. The summed E-state index contributed by atoms with van der Waals surface area (Å²) in [6.07, 6.45) is -0.306. The summed E-state index contributed by atoms with van der Waals surface area (Å²) in [7, 11) is 0. The van der Waals surface area contributed by atoms with Crippen molar-refractivity contribution in [3.63, 3.8) is 0 Å². The standard InChI is InChI=1S/C24H28ClN3O2/c1-24(2,3)30-23(29)27-12-13-28(21(15-25)17-27)22(19-9-5-4-6-10-19)20-11-7-8-18(14-20)16-26/h4-11,14,21-22H,12-13,15,17H2,1-3H3/t21-,22?/m1/s1. The molecule has 5 nitrogen and oxygen atoms in total. The summed E-state index contributed by atoms with van der Waals surface area (Å²) in [6.45, 7) is 7.33. The predicted octanol–water partition coefficient (Wildman–Crippen LogP) is 4.81. The zero-order chi connectivity index (χ0) is 21.7. The van der Waals surface area contributed by atoms with E-state index in [9.17, 15) is 10.1 Å². The smallest absolute Gasteiger partial charge is 0.410 e. The molecule has 2 atom stereocenters. The SMILES string of the molecule is CC(C)(C)OC(=O)N1CCN(C(c2ccccc2)c2cccc(C#N)c2)[C@H](CCl)C1. The van der Waals surface area contributed by atoms with E-state index in [-0.39, 0.29) is 18.2 Å². The van der Waals surface area contributed by atoms with Crippen molar-refractivity contribution >= 4 is 17.7 Å². The largest absolute Gasteiger partial charge is 0.444 e. The topological polar surface area (TPSA) is 56.6 Å². The zero-order valence-corrected chi connectivity index (χ0v) is 18.5. The van der Waals surface area contributed by atoms with Gasteiger partial charge in [0.05, 0.1) is 17.7 Å². The molecule has 1 aliphatic heterocycles. The summed E-state index contributed by atoms with van der Waals surface area (Å²) in [5, 5.41) is 9.37. The molecule has 0 aliphatic carbocycles. The highest BCUT2D eigenvalue weighted by atomic mass is 35.5. The maximum absolute atomic E-state index is 12.6. The van der Waals surface area contributed by atoms with Crippen LogP contribution in [0.15, 0.2) is 54.6 Å². The Balaban J connectivity index is 1.90. The Bertz CT molecular complexity index is 905. The van der Waals surface area contributed by atoms with Crippen molar-refractivity contribution in [3.05, 3.63) is 71.3 Å². The monoisotopic (exact) mass is 425 g/mol. The van der Waals surface area contributed by atoms with E-state index >= 15 is 0 Å². The second-order valence-corrected chi connectivity index (χ2v) is 8.83. The van der Waals surface area contributed by atoms with E-state index in [4.69, 9.17) is 16.3 Å². The van der Waals surface area contributed by atoms with Crippen LogP contribution >= 0.6 is 11.6 Å². The minimum Gasteiger partial charge on any atom is -0.444 e. The number of rotatable bonds is 4. The van der Waals surface area contributed by atoms with Gasteiger partial charge in [0.1, 0.15) is 5.60 Å². The number of hydrogen-bond acceptors (Lipinski definition) is 4. The first-order valence-corrected chi connectivity index (χ1v) is 10.7. The van der Waals surface area contributed by atoms with E-state index in [1.165, 1.54) is 0 Å². The molecule has 0 N–H and O–H groups in total. The number of nitriles is 1. The molecule has 3 rings (SSSR count). The molecule has 1 heterocycles. The van der Waals surface area contributed by atoms with Crippen LogP contribution in [0.4, 0.5) is 4.79 Å². The Morgan fingerprint density at radius 3 is 2.50 bits per heavy atom. The van der Waals surface area contributed by atoms with Crippen molar-refractivity contribution in [3.8, 4) is 6.07 Å². The van der Waals surface area contributed by atoms with Crippen LogP contribution in [0.1, 0.15) is 43.5 Å². The molecule has 1 unspecified atom stereocenters. The van der Waals surface area contributed by atoms with Gasteiger partial charge in [0, 0.05) is 31.6 Å². The third-order valence-corrected chi connectivity index (χ3v) is 5.49. The number of piperazine rings is 1. The number of carbonyl (C=O) groups is 1. The molecule has 0 bridgehead atoms. The van der Waals surface area contributed by atoms with E-state index in [1.54, 1.807) is 4.90 Å². The zero-order valence-electron chi connectivity index (χ0n) is 17.7. The number of amides is 1. The summed E-state index contributed by atoms with van der Waals surface area (Å²) in [5.74, 6) is 0.389. The minimum absolute atomic E-state index is 0.0381. The summed E-state index contributed by atoms with van der Waals surface area (Å²) >= 11 is 6.38. The molecule has 2 aromatic carbocycles. The number of alkyl halides is 1. The van der Waals surface area contributed by atoms with Crippen molar-refractivity contribution in [1.82, 2.24) is 9.80 Å². The molecule has 6 heteroatoms. The Labute approximate surface area is 183 Å². The molecule has 0 spiro atoms. The summed E-state index contributed by atoms with van der Waals surface area (Å²) in [6, 6.07) is 20.1. The van der Waals surface area contributed by atoms with Gasteiger partial charge in [-0.1, -0.05) is 42.5 Å². The van der Waals surface area contributed by atoms with Gasteiger partial charge in [-0.3, -0.25) is 4.90 Å². The quantitative estimate of drug-likeness (QED) is 0.659. The fourth-order valence-corrected chi connectivity index (χ4v) is 4.10. The number of halogens is 1. The molecule has 1 aliphatic rings. The van der Waals surface area contributed by atoms with Crippen LogP contribution < -0.4 is 0 Å². The lowest BCUT2D eigenvalue weighted by atomic mass is 9.93. The highest BCUT2D eigenvalue weighted by molar-refractivity contribution is 6.18. The van der Waals surface area contributed by atoms with Gasteiger partial charge >= 0.3 is 6.09 Å². The second-order valence-electron chi connectivity index (χ2n) is 8.52. The lowest BCUT2D eigenvalue weighted by molar-refractivity contribution is 0.00146. The number of benzene rings is 2.